The number of aliphatic hydroxyl groups excluding tert-OH is 1. The van der Waals surface area contributed by atoms with Crippen LogP contribution in [0.5, 0.6) is 5.88 Å². The molecular formula is C15H19F3N2O3. The van der Waals surface area contributed by atoms with Crippen LogP contribution >= 0.6 is 0 Å². The Bertz CT molecular complexity index is 537. The van der Waals surface area contributed by atoms with Crippen LogP contribution in [0.25, 0.3) is 0 Å². The van der Waals surface area contributed by atoms with Gasteiger partial charge in [-0.2, -0.15) is 13.2 Å². The summed E-state index contributed by atoms with van der Waals surface area (Å²) in [6.45, 7) is -1.46. The van der Waals surface area contributed by atoms with Crippen molar-refractivity contribution in [2.45, 2.75) is 37.9 Å². The highest BCUT2D eigenvalue weighted by Gasteiger charge is 2.29. The smallest absolute Gasteiger partial charge is 0.422 e. The normalized spacial score (nSPS) is 21.7. The largest absolute Gasteiger partial charge is 0.468 e. The highest BCUT2D eigenvalue weighted by molar-refractivity contribution is 5.92. The Morgan fingerprint density at radius 3 is 2.78 bits per heavy atom. The number of pyridine rings is 1. The Kier molecular flexibility index (Phi) is 5.81. The van der Waals surface area contributed by atoms with Crippen molar-refractivity contribution in [3.8, 4) is 5.88 Å². The van der Waals surface area contributed by atoms with Gasteiger partial charge in [-0.15, -0.1) is 0 Å². The number of amides is 1. The monoisotopic (exact) mass is 332 g/mol. The van der Waals surface area contributed by atoms with E-state index in [-0.39, 0.29) is 30.1 Å². The van der Waals surface area contributed by atoms with Crippen molar-refractivity contribution in [1.29, 1.82) is 0 Å². The fraction of sp³-hybridized carbons (Fsp3) is 0.600. The number of nitrogens with zero attached hydrogens (tertiary/aromatic N) is 1. The van der Waals surface area contributed by atoms with Gasteiger partial charge in [-0.3, -0.25) is 4.79 Å². The minimum absolute atomic E-state index is 0.00244. The molecule has 1 aromatic heterocycles. The van der Waals surface area contributed by atoms with E-state index in [9.17, 15) is 23.1 Å². The van der Waals surface area contributed by atoms with Gasteiger partial charge in [0.1, 0.15) is 5.69 Å². The Labute approximate surface area is 131 Å². The molecular weight excluding hydrogens is 313 g/mol. The molecule has 2 unspecified atom stereocenters. The summed E-state index contributed by atoms with van der Waals surface area (Å²) >= 11 is 0. The van der Waals surface area contributed by atoms with Gasteiger partial charge in [0.15, 0.2) is 6.61 Å². The van der Waals surface area contributed by atoms with Gasteiger partial charge in [-0.05, 0) is 18.9 Å². The van der Waals surface area contributed by atoms with Crippen LogP contribution < -0.4 is 10.1 Å². The second-order valence-electron chi connectivity index (χ2n) is 5.57. The third kappa shape index (κ3) is 5.38. The standard InChI is InChI=1S/C15H19F3N2O3/c16-15(17,18)9-23-13-7-3-6-12(19-13)14(22)20-11-5-2-1-4-10(11)8-21/h3,6-7,10-11,21H,1-2,4-5,8-9H2,(H,20,22). The molecule has 0 radical (unpaired) electrons. The van der Waals surface area contributed by atoms with Crippen LogP contribution in [-0.4, -0.2) is 41.4 Å². The van der Waals surface area contributed by atoms with Crippen LogP contribution in [0.1, 0.15) is 36.2 Å². The van der Waals surface area contributed by atoms with Crippen LogP contribution in [0.4, 0.5) is 13.2 Å². The molecule has 0 saturated heterocycles. The first kappa shape index (κ1) is 17.5. The highest BCUT2D eigenvalue weighted by Crippen LogP contribution is 2.24. The van der Waals surface area contributed by atoms with E-state index in [1.807, 2.05) is 0 Å². The second kappa shape index (κ2) is 7.63. The van der Waals surface area contributed by atoms with Crippen molar-refractivity contribution in [1.82, 2.24) is 10.3 Å². The minimum Gasteiger partial charge on any atom is -0.468 e. The topological polar surface area (TPSA) is 71.5 Å². The number of carbonyl (C=O) groups is 1. The molecule has 0 aromatic carbocycles. The van der Waals surface area contributed by atoms with Gasteiger partial charge in [-0.25, -0.2) is 4.98 Å². The molecule has 128 valence electrons. The van der Waals surface area contributed by atoms with E-state index in [2.05, 4.69) is 15.0 Å². The number of aromatic nitrogens is 1. The zero-order valence-electron chi connectivity index (χ0n) is 12.5. The summed E-state index contributed by atoms with van der Waals surface area (Å²) in [7, 11) is 0. The molecule has 1 aromatic rings. The average Bonchev–Trinajstić information content (AvgIpc) is 2.53. The number of ether oxygens (including phenoxy) is 1. The third-order valence-electron chi connectivity index (χ3n) is 3.80. The number of rotatable bonds is 5. The van der Waals surface area contributed by atoms with Gasteiger partial charge in [0, 0.05) is 24.6 Å². The van der Waals surface area contributed by atoms with E-state index in [1.165, 1.54) is 18.2 Å². The Hall–Kier alpha value is -1.83. The molecule has 0 aliphatic heterocycles. The zero-order chi connectivity index (χ0) is 16.9. The van der Waals surface area contributed by atoms with E-state index in [1.54, 1.807) is 0 Å². The van der Waals surface area contributed by atoms with E-state index in [0.29, 0.717) is 0 Å². The zero-order valence-corrected chi connectivity index (χ0v) is 12.5. The van der Waals surface area contributed by atoms with E-state index in [4.69, 9.17) is 0 Å². The van der Waals surface area contributed by atoms with Gasteiger partial charge in [0.05, 0.1) is 0 Å². The van der Waals surface area contributed by atoms with Crippen LogP contribution in [0, 0.1) is 5.92 Å². The van der Waals surface area contributed by atoms with Crippen molar-refractivity contribution >= 4 is 5.91 Å². The number of carbonyl (C=O) groups excluding carboxylic acids is 1. The molecule has 8 heteroatoms. The summed E-state index contributed by atoms with van der Waals surface area (Å²) in [5.74, 6) is -0.734. The fourth-order valence-corrected chi connectivity index (χ4v) is 2.64. The maximum Gasteiger partial charge on any atom is 0.422 e. The van der Waals surface area contributed by atoms with Crippen molar-refractivity contribution in [2.24, 2.45) is 5.92 Å². The average molecular weight is 332 g/mol. The summed E-state index contributed by atoms with van der Waals surface area (Å²) in [6, 6.07) is 3.94. The first-order valence-corrected chi connectivity index (χ1v) is 7.47. The Morgan fingerprint density at radius 2 is 2.09 bits per heavy atom. The molecule has 2 rings (SSSR count). The van der Waals surface area contributed by atoms with Crippen molar-refractivity contribution in [3.63, 3.8) is 0 Å². The quantitative estimate of drug-likeness (QED) is 0.868. The lowest BCUT2D eigenvalue weighted by Crippen LogP contribution is -2.43. The molecule has 1 heterocycles. The van der Waals surface area contributed by atoms with Crippen LogP contribution in [0.3, 0.4) is 0 Å². The van der Waals surface area contributed by atoms with Crippen molar-refractivity contribution in [2.75, 3.05) is 13.2 Å². The number of alkyl halides is 3. The highest BCUT2D eigenvalue weighted by atomic mass is 19.4. The molecule has 23 heavy (non-hydrogen) atoms. The molecule has 1 aliphatic rings. The lowest BCUT2D eigenvalue weighted by molar-refractivity contribution is -0.154. The summed E-state index contributed by atoms with van der Waals surface area (Å²) in [4.78, 5) is 16.0. The number of aliphatic hydroxyl groups is 1. The van der Waals surface area contributed by atoms with E-state index < -0.39 is 18.7 Å². The lowest BCUT2D eigenvalue weighted by atomic mass is 9.85. The van der Waals surface area contributed by atoms with Crippen molar-refractivity contribution < 1.29 is 27.8 Å². The minimum atomic E-state index is -4.46. The summed E-state index contributed by atoms with van der Waals surface area (Å²) < 4.78 is 40.9. The summed E-state index contributed by atoms with van der Waals surface area (Å²) in [5.41, 5.74) is -0.00747. The SMILES string of the molecule is O=C(NC1CCCCC1CO)c1cccc(OCC(F)(F)F)n1. The Morgan fingerprint density at radius 1 is 1.35 bits per heavy atom. The molecule has 2 atom stereocenters. The molecule has 1 fully saturated rings. The van der Waals surface area contributed by atoms with E-state index >= 15 is 0 Å². The van der Waals surface area contributed by atoms with Crippen molar-refractivity contribution in [3.05, 3.63) is 23.9 Å². The maximum absolute atomic E-state index is 12.2. The molecule has 2 N–H and O–H groups in total. The first-order valence-electron chi connectivity index (χ1n) is 7.47. The van der Waals surface area contributed by atoms with Gasteiger partial charge in [-0.1, -0.05) is 18.9 Å². The number of hydrogen-bond acceptors (Lipinski definition) is 4. The van der Waals surface area contributed by atoms with Gasteiger partial charge < -0.3 is 15.2 Å². The maximum atomic E-state index is 12.2. The van der Waals surface area contributed by atoms with Crippen LogP contribution in [0.15, 0.2) is 18.2 Å². The molecule has 0 spiro atoms. The number of halogens is 3. The predicted octanol–water partition coefficient (Wildman–Crippen LogP) is 2.30. The predicted molar refractivity (Wildman–Crippen MR) is 76.1 cm³/mol. The lowest BCUT2D eigenvalue weighted by Gasteiger charge is -2.30. The van der Waals surface area contributed by atoms with Crippen LogP contribution in [0.2, 0.25) is 0 Å². The molecule has 1 aliphatic carbocycles. The molecule has 1 amide bonds. The molecule has 1 saturated carbocycles. The molecule has 0 bridgehead atoms. The number of hydrogen-bond donors (Lipinski definition) is 2. The van der Waals surface area contributed by atoms with Gasteiger partial charge in [0.2, 0.25) is 5.88 Å². The first-order chi connectivity index (χ1) is 10.9. The van der Waals surface area contributed by atoms with Crippen LogP contribution in [-0.2, 0) is 0 Å². The van der Waals surface area contributed by atoms with Gasteiger partial charge in [0.25, 0.3) is 5.91 Å². The fourth-order valence-electron chi connectivity index (χ4n) is 2.64. The summed E-state index contributed by atoms with van der Waals surface area (Å²) in [5, 5.41) is 12.1. The van der Waals surface area contributed by atoms with E-state index in [0.717, 1.165) is 25.7 Å². The molecule has 5 nitrogen and oxygen atoms in total. The number of nitrogens with one attached hydrogen (secondary N) is 1. The third-order valence-corrected chi connectivity index (χ3v) is 3.80. The second-order valence-corrected chi connectivity index (χ2v) is 5.57. The Balaban J connectivity index is 1.99. The summed E-state index contributed by atoms with van der Waals surface area (Å²) in [6.07, 6.45) is -0.887. The van der Waals surface area contributed by atoms with Gasteiger partial charge >= 0.3 is 6.18 Å².